The van der Waals surface area contributed by atoms with E-state index in [9.17, 15) is 24.0 Å². The van der Waals surface area contributed by atoms with Gasteiger partial charge in [-0.3, -0.25) is 24.2 Å². The third-order valence-corrected chi connectivity index (χ3v) is 8.36. The van der Waals surface area contributed by atoms with Gasteiger partial charge in [-0.25, -0.2) is 4.79 Å². The Labute approximate surface area is 255 Å². The number of likely N-dealkylation sites (tertiary alicyclic amines) is 1. The van der Waals surface area contributed by atoms with Crippen LogP contribution in [0, 0.1) is 22.7 Å². The number of nitrogens with one attached hydrogen (secondary N) is 3. The van der Waals surface area contributed by atoms with E-state index in [1.54, 1.807) is 33.0 Å². The Balaban J connectivity index is 1.75. The number of Topliss-reactive ketones (excluding diaryl/α,β-unsaturated/α-hetero) is 1. The van der Waals surface area contributed by atoms with Crippen molar-refractivity contribution in [3.8, 4) is 0 Å². The second-order valence-corrected chi connectivity index (χ2v) is 14.4. The summed E-state index contributed by atoms with van der Waals surface area (Å²) in [6.45, 7) is 17.3. The summed E-state index contributed by atoms with van der Waals surface area (Å²) in [6.07, 6.45) is 2.26. The number of pyridine rings is 1. The highest BCUT2D eigenvalue weighted by Gasteiger charge is 2.70. The van der Waals surface area contributed by atoms with Gasteiger partial charge in [0.2, 0.25) is 17.6 Å². The van der Waals surface area contributed by atoms with Gasteiger partial charge in [0.15, 0.2) is 0 Å². The fourth-order valence-electron chi connectivity index (χ4n) is 5.96. The van der Waals surface area contributed by atoms with Gasteiger partial charge in [0.25, 0.3) is 5.91 Å². The van der Waals surface area contributed by atoms with Crippen molar-refractivity contribution in [3.05, 3.63) is 30.1 Å². The Morgan fingerprint density at radius 2 is 1.74 bits per heavy atom. The topological polar surface area (TPSA) is 147 Å². The van der Waals surface area contributed by atoms with E-state index in [0.717, 1.165) is 5.69 Å². The minimum atomic E-state index is -1.02. The minimum Gasteiger partial charge on any atom is -0.444 e. The quantitative estimate of drug-likeness (QED) is 0.331. The maximum absolute atomic E-state index is 14.0. The van der Waals surface area contributed by atoms with Crippen LogP contribution in [-0.4, -0.2) is 76.3 Å². The Morgan fingerprint density at radius 3 is 2.30 bits per heavy atom. The number of aromatic nitrogens is 1. The average molecular weight is 600 g/mol. The Bertz CT molecular complexity index is 1200. The van der Waals surface area contributed by atoms with Crippen molar-refractivity contribution >= 4 is 29.6 Å². The van der Waals surface area contributed by atoms with Gasteiger partial charge in [0, 0.05) is 31.4 Å². The van der Waals surface area contributed by atoms with E-state index in [0.29, 0.717) is 19.4 Å². The van der Waals surface area contributed by atoms with Gasteiger partial charge in [-0.2, -0.15) is 0 Å². The number of ketones is 1. The van der Waals surface area contributed by atoms with Gasteiger partial charge in [-0.1, -0.05) is 54.0 Å². The zero-order valence-corrected chi connectivity index (χ0v) is 27.1. The van der Waals surface area contributed by atoms with Gasteiger partial charge >= 0.3 is 6.09 Å². The number of rotatable bonds is 11. The summed E-state index contributed by atoms with van der Waals surface area (Å²) < 4.78 is 5.42. The SMILES string of the molecule is CCCC(NC(=O)C1C2C(CN1C(=O)C(NC(=O)OC(C)(C)C)C(C)(C)C)C2(C)C)C(=O)C(=O)NCCc1ccccn1. The smallest absolute Gasteiger partial charge is 0.408 e. The Kier molecular flexibility index (Phi) is 10.3. The van der Waals surface area contributed by atoms with E-state index in [-0.39, 0.29) is 36.1 Å². The summed E-state index contributed by atoms with van der Waals surface area (Å²) in [5, 5.41) is 8.18. The molecule has 3 N–H and O–H groups in total. The molecule has 1 aliphatic heterocycles. The molecule has 1 saturated carbocycles. The number of carbonyl (C=O) groups excluding carboxylic acids is 5. The molecule has 238 valence electrons. The van der Waals surface area contributed by atoms with Crippen LogP contribution in [0.1, 0.15) is 80.8 Å². The molecule has 1 aliphatic carbocycles. The highest BCUT2D eigenvalue weighted by molar-refractivity contribution is 6.38. The van der Waals surface area contributed by atoms with E-state index < -0.39 is 52.8 Å². The fourth-order valence-corrected chi connectivity index (χ4v) is 5.96. The second-order valence-electron chi connectivity index (χ2n) is 14.4. The molecular weight excluding hydrogens is 550 g/mol. The molecule has 1 aromatic heterocycles. The van der Waals surface area contributed by atoms with Crippen LogP contribution in [0.4, 0.5) is 4.79 Å². The lowest BCUT2D eigenvalue weighted by Crippen LogP contribution is -2.60. The normalized spacial score (nSPS) is 22.1. The molecule has 1 aromatic rings. The fraction of sp³-hybridized carbons (Fsp3) is 0.688. The van der Waals surface area contributed by atoms with Crippen LogP contribution in [0.3, 0.4) is 0 Å². The lowest BCUT2D eigenvalue weighted by atomic mass is 9.85. The zero-order chi connectivity index (χ0) is 32.3. The van der Waals surface area contributed by atoms with Gasteiger partial charge in [-0.15, -0.1) is 0 Å². The van der Waals surface area contributed by atoms with Crippen LogP contribution in [0.15, 0.2) is 24.4 Å². The van der Waals surface area contributed by atoms with Gasteiger partial charge in [0.05, 0.1) is 6.04 Å². The largest absolute Gasteiger partial charge is 0.444 e. The monoisotopic (exact) mass is 599 g/mol. The van der Waals surface area contributed by atoms with E-state index in [1.165, 1.54) is 4.90 Å². The predicted molar refractivity (Wildman–Crippen MR) is 162 cm³/mol. The predicted octanol–water partition coefficient (Wildman–Crippen LogP) is 3.02. The number of piperidine rings is 1. The summed E-state index contributed by atoms with van der Waals surface area (Å²) in [7, 11) is 0. The molecule has 0 radical (unpaired) electrons. The van der Waals surface area contributed by atoms with Crippen molar-refractivity contribution in [2.45, 2.75) is 105 Å². The molecule has 43 heavy (non-hydrogen) atoms. The van der Waals surface area contributed by atoms with Gasteiger partial charge in [-0.05, 0) is 62.0 Å². The van der Waals surface area contributed by atoms with Crippen molar-refractivity contribution < 1.29 is 28.7 Å². The van der Waals surface area contributed by atoms with Crippen molar-refractivity contribution in [1.82, 2.24) is 25.8 Å². The molecule has 2 fully saturated rings. The molecule has 5 unspecified atom stereocenters. The summed E-state index contributed by atoms with van der Waals surface area (Å²) in [6, 6.07) is 2.68. The molecule has 2 heterocycles. The van der Waals surface area contributed by atoms with E-state index >= 15 is 0 Å². The van der Waals surface area contributed by atoms with E-state index in [1.807, 2.05) is 39.8 Å². The van der Waals surface area contributed by atoms with Gasteiger partial charge in [0.1, 0.15) is 17.7 Å². The van der Waals surface area contributed by atoms with E-state index in [2.05, 4.69) is 34.8 Å². The summed E-state index contributed by atoms with van der Waals surface area (Å²) in [5.41, 5.74) is -0.799. The highest BCUT2D eigenvalue weighted by atomic mass is 16.6. The number of hydrogen-bond acceptors (Lipinski definition) is 7. The molecule has 0 bridgehead atoms. The summed E-state index contributed by atoms with van der Waals surface area (Å²) in [4.78, 5) is 72.2. The Morgan fingerprint density at radius 1 is 1.07 bits per heavy atom. The molecule has 1 saturated heterocycles. The average Bonchev–Trinajstić information content (AvgIpc) is 3.21. The third kappa shape index (κ3) is 8.32. The van der Waals surface area contributed by atoms with Crippen molar-refractivity contribution in [2.24, 2.45) is 22.7 Å². The summed E-state index contributed by atoms with van der Waals surface area (Å²) >= 11 is 0. The first-order chi connectivity index (χ1) is 19.9. The third-order valence-electron chi connectivity index (χ3n) is 8.36. The molecule has 5 atom stereocenters. The van der Waals surface area contributed by atoms with Crippen LogP contribution in [0.5, 0.6) is 0 Å². The van der Waals surface area contributed by atoms with Crippen LogP contribution in [0.2, 0.25) is 0 Å². The van der Waals surface area contributed by atoms with E-state index in [4.69, 9.17) is 4.74 Å². The second kappa shape index (κ2) is 13.0. The molecular formula is C32H49N5O6. The molecule has 0 aromatic carbocycles. The number of amides is 4. The van der Waals surface area contributed by atoms with Crippen LogP contribution < -0.4 is 16.0 Å². The first kappa shape index (κ1) is 34.0. The molecule has 0 spiro atoms. The minimum absolute atomic E-state index is 0.101. The maximum Gasteiger partial charge on any atom is 0.408 e. The van der Waals surface area contributed by atoms with Crippen molar-refractivity contribution in [1.29, 1.82) is 0 Å². The van der Waals surface area contributed by atoms with Crippen LogP contribution in [-0.2, 0) is 30.3 Å². The Hall–Kier alpha value is -3.50. The number of nitrogens with zero attached hydrogens (tertiary/aromatic N) is 2. The number of hydrogen-bond donors (Lipinski definition) is 3. The van der Waals surface area contributed by atoms with Crippen molar-refractivity contribution in [2.75, 3.05) is 13.1 Å². The summed E-state index contributed by atoms with van der Waals surface area (Å²) in [5.74, 6) is -2.35. The number of fused-ring (bicyclic) bond motifs is 1. The molecule has 4 amide bonds. The van der Waals surface area contributed by atoms with Crippen LogP contribution in [0.25, 0.3) is 0 Å². The lowest BCUT2D eigenvalue weighted by Gasteiger charge is -2.38. The number of alkyl carbamates (subject to hydrolysis) is 1. The zero-order valence-electron chi connectivity index (χ0n) is 27.1. The standard InChI is InChI=1S/C32H49N5O6/c1-10-13-21(24(38)27(40)34-17-15-19-14-11-12-16-33-19)35-26(39)23-22-20(32(22,8)9)18-37(23)28(41)25(30(2,3)4)36-29(42)43-31(5,6)7/h11-12,14,16,20-23,25H,10,13,15,17-18H2,1-9H3,(H,34,40)(H,35,39)(H,36,42). The van der Waals surface area contributed by atoms with Gasteiger partial charge < -0.3 is 25.6 Å². The molecule has 11 heteroatoms. The number of carbonyl (C=O) groups is 5. The molecule has 11 nitrogen and oxygen atoms in total. The lowest BCUT2D eigenvalue weighted by molar-refractivity contribution is -0.145. The first-order valence-corrected chi connectivity index (χ1v) is 15.2. The molecule has 3 rings (SSSR count). The highest BCUT2D eigenvalue weighted by Crippen LogP contribution is 2.65. The number of ether oxygens (including phenoxy) is 1. The van der Waals surface area contributed by atoms with Crippen molar-refractivity contribution in [3.63, 3.8) is 0 Å². The molecule has 2 aliphatic rings. The first-order valence-electron chi connectivity index (χ1n) is 15.2. The van der Waals surface area contributed by atoms with Crippen LogP contribution >= 0.6 is 0 Å². The maximum atomic E-state index is 14.0.